The van der Waals surface area contributed by atoms with Gasteiger partial charge >= 0.3 is 0 Å². The molecule has 1 aliphatic carbocycles. The third kappa shape index (κ3) is 3.26. The summed E-state index contributed by atoms with van der Waals surface area (Å²) >= 11 is 0. The quantitative estimate of drug-likeness (QED) is 0.700. The van der Waals surface area contributed by atoms with E-state index in [0.29, 0.717) is 11.3 Å². The molecule has 1 fully saturated rings. The van der Waals surface area contributed by atoms with Crippen LogP contribution in [0, 0.1) is 17.3 Å². The molecule has 0 radical (unpaired) electrons. The second-order valence-electron chi connectivity index (χ2n) is 6.04. The number of rotatable bonds is 5. The molecule has 1 aliphatic rings. The van der Waals surface area contributed by atoms with Crippen LogP contribution < -0.4 is 0 Å². The summed E-state index contributed by atoms with van der Waals surface area (Å²) in [6, 6.07) is 0. The molecule has 0 saturated heterocycles. The summed E-state index contributed by atoms with van der Waals surface area (Å²) in [5.41, 5.74) is 1.79. The molecule has 0 bridgehead atoms. The summed E-state index contributed by atoms with van der Waals surface area (Å²) in [7, 11) is 0. The van der Waals surface area contributed by atoms with E-state index in [-0.39, 0.29) is 12.0 Å². The van der Waals surface area contributed by atoms with Crippen molar-refractivity contribution in [3.05, 3.63) is 24.3 Å². The van der Waals surface area contributed by atoms with E-state index < -0.39 is 0 Å². The van der Waals surface area contributed by atoms with E-state index in [1.54, 1.807) is 0 Å². The maximum atomic E-state index is 9.59. The van der Waals surface area contributed by atoms with Crippen molar-refractivity contribution in [2.75, 3.05) is 0 Å². The third-order valence-corrected chi connectivity index (χ3v) is 5.05. The molecule has 3 unspecified atom stereocenters. The van der Waals surface area contributed by atoms with Crippen molar-refractivity contribution in [2.45, 2.75) is 65.9 Å². The lowest BCUT2D eigenvalue weighted by molar-refractivity contribution is 0.148. The van der Waals surface area contributed by atoms with Gasteiger partial charge in [-0.3, -0.25) is 0 Å². The molecule has 0 aromatic rings. The molecule has 1 rings (SSSR count). The molecule has 1 nitrogen and oxygen atoms in total. The van der Waals surface area contributed by atoms with Crippen LogP contribution in [0.2, 0.25) is 0 Å². The fourth-order valence-corrected chi connectivity index (χ4v) is 3.24. The molecule has 104 valence electrons. The fraction of sp³-hybridized carbons (Fsp3) is 0.765. The predicted molar refractivity (Wildman–Crippen MR) is 79.5 cm³/mol. The van der Waals surface area contributed by atoms with E-state index in [9.17, 15) is 5.11 Å². The van der Waals surface area contributed by atoms with Crippen molar-refractivity contribution in [1.29, 1.82) is 0 Å². The SMILES string of the molecule is C=C1CCCC(CC)(CC)C1/C=C/C(C)C(C)O. The van der Waals surface area contributed by atoms with E-state index in [1.165, 1.54) is 37.7 Å². The van der Waals surface area contributed by atoms with Gasteiger partial charge in [-0.15, -0.1) is 0 Å². The van der Waals surface area contributed by atoms with Gasteiger partial charge in [0.2, 0.25) is 0 Å². The van der Waals surface area contributed by atoms with Crippen molar-refractivity contribution in [3.63, 3.8) is 0 Å². The first-order chi connectivity index (χ1) is 8.46. The normalized spacial score (nSPS) is 27.4. The van der Waals surface area contributed by atoms with Gasteiger partial charge in [0.05, 0.1) is 6.10 Å². The van der Waals surface area contributed by atoms with Crippen LogP contribution in [0.15, 0.2) is 24.3 Å². The van der Waals surface area contributed by atoms with E-state index in [1.807, 2.05) is 6.92 Å². The largest absolute Gasteiger partial charge is 0.393 e. The zero-order chi connectivity index (χ0) is 13.8. The highest BCUT2D eigenvalue weighted by molar-refractivity contribution is 5.18. The van der Waals surface area contributed by atoms with Crippen LogP contribution in [0.3, 0.4) is 0 Å². The minimum absolute atomic E-state index is 0.228. The van der Waals surface area contributed by atoms with Gasteiger partial charge in [-0.25, -0.2) is 0 Å². The Hall–Kier alpha value is -0.560. The number of hydrogen-bond acceptors (Lipinski definition) is 1. The number of aliphatic hydroxyl groups excluding tert-OH is 1. The van der Waals surface area contributed by atoms with E-state index >= 15 is 0 Å². The lowest BCUT2D eigenvalue weighted by Crippen LogP contribution is -2.33. The molecule has 1 N–H and O–H groups in total. The Labute approximate surface area is 113 Å². The Morgan fingerprint density at radius 3 is 2.50 bits per heavy atom. The topological polar surface area (TPSA) is 20.2 Å². The van der Waals surface area contributed by atoms with Gasteiger partial charge in [0.1, 0.15) is 0 Å². The standard InChI is InChI=1S/C17H30O/c1-6-17(7-2)12-8-9-14(4)16(17)11-10-13(3)15(5)18/h10-11,13,15-16,18H,4,6-9,12H2,1-3,5H3/b11-10+. The molecule has 1 saturated carbocycles. The zero-order valence-electron chi connectivity index (χ0n) is 12.6. The second-order valence-corrected chi connectivity index (χ2v) is 6.04. The average molecular weight is 250 g/mol. The summed E-state index contributed by atoms with van der Waals surface area (Å²) in [4.78, 5) is 0. The Kier molecular flexibility index (Phi) is 5.65. The first-order valence-electron chi connectivity index (χ1n) is 7.51. The van der Waals surface area contributed by atoms with Gasteiger partial charge in [-0.2, -0.15) is 0 Å². The van der Waals surface area contributed by atoms with Gasteiger partial charge in [0.15, 0.2) is 0 Å². The van der Waals surface area contributed by atoms with Crippen LogP contribution in [-0.2, 0) is 0 Å². The van der Waals surface area contributed by atoms with Crippen molar-refractivity contribution >= 4 is 0 Å². The third-order valence-electron chi connectivity index (χ3n) is 5.05. The maximum absolute atomic E-state index is 9.59. The Balaban J connectivity index is 2.89. The molecule has 1 heteroatoms. The van der Waals surface area contributed by atoms with E-state index in [4.69, 9.17) is 0 Å². The number of hydrogen-bond donors (Lipinski definition) is 1. The molecular weight excluding hydrogens is 220 g/mol. The Morgan fingerprint density at radius 1 is 1.39 bits per heavy atom. The van der Waals surface area contributed by atoms with Crippen molar-refractivity contribution in [2.24, 2.45) is 17.3 Å². The lowest BCUT2D eigenvalue weighted by atomic mass is 9.61. The Morgan fingerprint density at radius 2 is 2.00 bits per heavy atom. The summed E-state index contributed by atoms with van der Waals surface area (Å²) in [5.74, 6) is 0.730. The number of aliphatic hydroxyl groups is 1. The van der Waals surface area contributed by atoms with Gasteiger partial charge in [-0.1, -0.05) is 45.1 Å². The number of allylic oxidation sites excluding steroid dienone is 2. The molecule has 0 aromatic heterocycles. The average Bonchev–Trinajstić information content (AvgIpc) is 2.36. The Bertz CT molecular complexity index is 297. The molecule has 0 heterocycles. The van der Waals surface area contributed by atoms with Crippen LogP contribution in [-0.4, -0.2) is 11.2 Å². The maximum Gasteiger partial charge on any atom is 0.0572 e. The van der Waals surface area contributed by atoms with Crippen molar-refractivity contribution in [1.82, 2.24) is 0 Å². The highest BCUT2D eigenvalue weighted by atomic mass is 16.3. The van der Waals surface area contributed by atoms with Crippen LogP contribution in [0.1, 0.15) is 59.8 Å². The summed E-state index contributed by atoms with van der Waals surface area (Å²) < 4.78 is 0. The molecular formula is C17H30O. The molecule has 18 heavy (non-hydrogen) atoms. The first-order valence-corrected chi connectivity index (χ1v) is 7.51. The van der Waals surface area contributed by atoms with Crippen molar-refractivity contribution in [3.8, 4) is 0 Å². The lowest BCUT2D eigenvalue weighted by Gasteiger charge is -2.43. The fourth-order valence-electron chi connectivity index (χ4n) is 3.24. The van der Waals surface area contributed by atoms with E-state index in [2.05, 4.69) is 39.5 Å². The predicted octanol–water partition coefficient (Wildman–Crippen LogP) is 4.72. The van der Waals surface area contributed by atoms with Gasteiger partial charge < -0.3 is 5.11 Å². The highest BCUT2D eigenvalue weighted by Gasteiger charge is 2.38. The highest BCUT2D eigenvalue weighted by Crippen LogP contribution is 2.49. The zero-order valence-corrected chi connectivity index (χ0v) is 12.6. The monoisotopic (exact) mass is 250 g/mol. The van der Waals surface area contributed by atoms with Crippen LogP contribution in [0.25, 0.3) is 0 Å². The van der Waals surface area contributed by atoms with Crippen LogP contribution in [0.4, 0.5) is 0 Å². The molecule has 3 atom stereocenters. The summed E-state index contributed by atoms with van der Waals surface area (Å²) in [5, 5.41) is 9.59. The van der Waals surface area contributed by atoms with Gasteiger partial charge in [0.25, 0.3) is 0 Å². The second kappa shape index (κ2) is 6.56. The summed E-state index contributed by atoms with van der Waals surface area (Å²) in [6.07, 6.45) is 10.5. The van der Waals surface area contributed by atoms with Crippen LogP contribution in [0.5, 0.6) is 0 Å². The molecule has 0 amide bonds. The summed E-state index contributed by atoms with van der Waals surface area (Å²) in [6.45, 7) is 12.8. The smallest absolute Gasteiger partial charge is 0.0572 e. The van der Waals surface area contributed by atoms with Crippen molar-refractivity contribution < 1.29 is 5.11 Å². The van der Waals surface area contributed by atoms with Crippen LogP contribution >= 0.6 is 0 Å². The molecule has 0 aromatic carbocycles. The van der Waals surface area contributed by atoms with Gasteiger partial charge in [0, 0.05) is 5.92 Å². The molecule has 0 spiro atoms. The minimum Gasteiger partial charge on any atom is -0.393 e. The van der Waals surface area contributed by atoms with E-state index in [0.717, 1.165) is 0 Å². The first kappa shape index (κ1) is 15.5. The minimum atomic E-state index is -0.268. The molecule has 0 aliphatic heterocycles. The van der Waals surface area contributed by atoms with Gasteiger partial charge in [-0.05, 0) is 50.4 Å².